The summed E-state index contributed by atoms with van der Waals surface area (Å²) < 4.78 is 45.4. The van der Waals surface area contributed by atoms with E-state index in [1.807, 2.05) is 0 Å². The molecule has 3 rings (SSSR count). The molecule has 0 radical (unpaired) electrons. The number of hydrogen-bond donors (Lipinski definition) is 0. The fraction of sp³-hybridized carbons (Fsp3) is 0.316. The van der Waals surface area contributed by atoms with Gasteiger partial charge in [-0.2, -0.15) is 4.31 Å². The molecular formula is C19H19Cl2FN2O4S. The fourth-order valence-corrected chi connectivity index (χ4v) is 4.68. The molecule has 1 aliphatic heterocycles. The summed E-state index contributed by atoms with van der Waals surface area (Å²) in [6.07, 6.45) is 0.150. The van der Waals surface area contributed by atoms with Crippen LogP contribution in [-0.2, 0) is 14.8 Å². The zero-order chi connectivity index (χ0) is 21.0. The largest absolute Gasteiger partial charge is 0.493 e. The van der Waals surface area contributed by atoms with Gasteiger partial charge in [0.25, 0.3) is 0 Å². The molecule has 1 saturated heterocycles. The Morgan fingerprint density at radius 1 is 1.03 bits per heavy atom. The number of carbonyl (C=O) groups excluding carboxylic acids is 1. The molecule has 2 aromatic carbocycles. The molecule has 156 valence electrons. The lowest BCUT2D eigenvalue weighted by Gasteiger charge is -2.34. The average Bonchev–Trinajstić information content (AvgIpc) is 2.70. The number of rotatable bonds is 6. The monoisotopic (exact) mass is 460 g/mol. The molecule has 0 unspecified atom stereocenters. The van der Waals surface area contributed by atoms with Crippen molar-refractivity contribution in [1.82, 2.24) is 9.21 Å². The van der Waals surface area contributed by atoms with Crippen molar-refractivity contribution in [2.24, 2.45) is 0 Å². The summed E-state index contributed by atoms with van der Waals surface area (Å²) in [6.45, 7) is 0.995. The first-order valence-corrected chi connectivity index (χ1v) is 11.1. The van der Waals surface area contributed by atoms with Gasteiger partial charge >= 0.3 is 0 Å². The number of amides is 1. The third kappa shape index (κ3) is 5.39. The predicted molar refractivity (Wildman–Crippen MR) is 108 cm³/mol. The van der Waals surface area contributed by atoms with Crippen LogP contribution in [0.1, 0.15) is 6.42 Å². The minimum Gasteiger partial charge on any atom is -0.493 e. The normalized spacial score (nSPS) is 15.3. The van der Waals surface area contributed by atoms with Gasteiger partial charge in [-0.25, -0.2) is 12.8 Å². The van der Waals surface area contributed by atoms with Gasteiger partial charge in [0, 0.05) is 32.2 Å². The number of benzene rings is 2. The Bertz CT molecular complexity index is 995. The predicted octanol–water partition coefficient (Wildman–Crippen LogP) is 3.43. The van der Waals surface area contributed by atoms with E-state index in [0.29, 0.717) is 15.8 Å². The second-order valence-corrected chi connectivity index (χ2v) is 9.17. The lowest BCUT2D eigenvalue weighted by atomic mass is 10.3. The van der Waals surface area contributed by atoms with Crippen LogP contribution in [0.5, 0.6) is 5.75 Å². The number of carbonyl (C=O) groups is 1. The summed E-state index contributed by atoms with van der Waals surface area (Å²) in [5.74, 6) is -0.229. The Morgan fingerprint density at radius 3 is 2.41 bits per heavy atom. The van der Waals surface area contributed by atoms with E-state index in [4.69, 9.17) is 27.9 Å². The van der Waals surface area contributed by atoms with Gasteiger partial charge in [0.1, 0.15) is 11.6 Å². The minimum absolute atomic E-state index is 0.0905. The Morgan fingerprint density at radius 2 is 1.76 bits per heavy atom. The van der Waals surface area contributed by atoms with E-state index >= 15 is 0 Å². The zero-order valence-electron chi connectivity index (χ0n) is 15.4. The van der Waals surface area contributed by atoms with E-state index in [1.54, 1.807) is 23.1 Å². The highest BCUT2D eigenvalue weighted by molar-refractivity contribution is 7.89. The summed E-state index contributed by atoms with van der Waals surface area (Å²) in [5.41, 5.74) is 0. The molecule has 0 atom stereocenters. The van der Waals surface area contributed by atoms with Gasteiger partial charge in [-0.05, 0) is 30.3 Å². The number of halogens is 3. The van der Waals surface area contributed by atoms with Crippen molar-refractivity contribution in [3.63, 3.8) is 0 Å². The Hall–Kier alpha value is -1.87. The van der Waals surface area contributed by atoms with Crippen LogP contribution in [0.15, 0.2) is 47.4 Å². The lowest BCUT2D eigenvalue weighted by molar-refractivity contribution is -0.132. The van der Waals surface area contributed by atoms with E-state index in [9.17, 15) is 17.6 Å². The van der Waals surface area contributed by atoms with E-state index in [-0.39, 0.29) is 50.0 Å². The fourth-order valence-electron chi connectivity index (χ4n) is 2.94. The molecule has 0 bridgehead atoms. The van der Waals surface area contributed by atoms with Gasteiger partial charge in [-0.15, -0.1) is 0 Å². The lowest BCUT2D eigenvalue weighted by Crippen LogP contribution is -2.50. The molecule has 2 aromatic rings. The van der Waals surface area contributed by atoms with Crippen molar-refractivity contribution < 1.29 is 22.3 Å². The highest BCUT2D eigenvalue weighted by Gasteiger charge is 2.30. The maximum absolute atomic E-state index is 13.4. The molecule has 1 heterocycles. The zero-order valence-corrected chi connectivity index (χ0v) is 17.7. The summed E-state index contributed by atoms with van der Waals surface area (Å²) in [4.78, 5) is 13.9. The SMILES string of the molecule is O=C(CCOc1ccc(Cl)c(Cl)c1)N1CCN(S(=O)(=O)c2cccc(F)c2)CC1. The molecular weight excluding hydrogens is 442 g/mol. The van der Waals surface area contributed by atoms with Gasteiger partial charge in [0.2, 0.25) is 15.9 Å². The van der Waals surface area contributed by atoms with Crippen LogP contribution in [0, 0.1) is 5.82 Å². The molecule has 1 aliphatic rings. The van der Waals surface area contributed by atoms with Gasteiger partial charge in [0.15, 0.2) is 0 Å². The molecule has 10 heteroatoms. The molecule has 1 amide bonds. The summed E-state index contributed by atoms with van der Waals surface area (Å²) in [5, 5.41) is 0.785. The van der Waals surface area contributed by atoms with E-state index in [2.05, 4.69) is 0 Å². The highest BCUT2D eigenvalue weighted by Crippen LogP contribution is 2.26. The van der Waals surface area contributed by atoms with Crippen molar-refractivity contribution in [2.75, 3.05) is 32.8 Å². The molecule has 0 N–H and O–H groups in total. The molecule has 0 aliphatic carbocycles. The van der Waals surface area contributed by atoms with Crippen LogP contribution in [-0.4, -0.2) is 56.3 Å². The van der Waals surface area contributed by atoms with Gasteiger partial charge in [-0.1, -0.05) is 29.3 Å². The molecule has 6 nitrogen and oxygen atoms in total. The molecule has 1 fully saturated rings. The van der Waals surface area contributed by atoms with Crippen molar-refractivity contribution in [3.05, 3.63) is 58.3 Å². The van der Waals surface area contributed by atoms with Crippen LogP contribution in [0.3, 0.4) is 0 Å². The average molecular weight is 461 g/mol. The third-order valence-corrected chi connectivity index (χ3v) is 7.13. The van der Waals surface area contributed by atoms with Crippen LogP contribution in [0.25, 0.3) is 0 Å². The molecule has 0 aromatic heterocycles. The van der Waals surface area contributed by atoms with Crippen LogP contribution >= 0.6 is 23.2 Å². The van der Waals surface area contributed by atoms with Gasteiger partial charge in [-0.3, -0.25) is 4.79 Å². The van der Waals surface area contributed by atoms with Crippen LogP contribution in [0.4, 0.5) is 4.39 Å². The van der Waals surface area contributed by atoms with Crippen molar-refractivity contribution in [3.8, 4) is 5.75 Å². The van der Waals surface area contributed by atoms with E-state index in [1.165, 1.54) is 22.5 Å². The number of nitrogens with zero attached hydrogens (tertiary/aromatic N) is 2. The first kappa shape index (κ1) is 21.8. The third-order valence-electron chi connectivity index (χ3n) is 4.50. The smallest absolute Gasteiger partial charge is 0.243 e. The van der Waals surface area contributed by atoms with Gasteiger partial charge < -0.3 is 9.64 Å². The number of hydrogen-bond acceptors (Lipinski definition) is 4. The van der Waals surface area contributed by atoms with Crippen molar-refractivity contribution >= 4 is 39.1 Å². The Labute approximate surface area is 178 Å². The van der Waals surface area contributed by atoms with E-state index in [0.717, 1.165) is 6.07 Å². The molecule has 0 spiro atoms. The highest BCUT2D eigenvalue weighted by atomic mass is 35.5. The number of sulfonamides is 1. The van der Waals surface area contributed by atoms with Gasteiger partial charge in [0.05, 0.1) is 28.0 Å². The first-order chi connectivity index (χ1) is 13.8. The second-order valence-electron chi connectivity index (χ2n) is 6.42. The van der Waals surface area contributed by atoms with Crippen molar-refractivity contribution in [2.45, 2.75) is 11.3 Å². The summed E-state index contributed by atoms with van der Waals surface area (Å²) in [7, 11) is -3.79. The van der Waals surface area contributed by atoms with Crippen molar-refractivity contribution in [1.29, 1.82) is 0 Å². The second kappa shape index (κ2) is 9.30. The maximum atomic E-state index is 13.4. The molecule has 0 saturated carbocycles. The quantitative estimate of drug-likeness (QED) is 0.661. The van der Waals surface area contributed by atoms with Crippen LogP contribution < -0.4 is 4.74 Å². The standard InChI is InChI=1S/C19H19Cl2FN2O4S/c20-17-5-4-15(13-18(17)21)28-11-6-19(25)23-7-9-24(10-8-23)29(26,27)16-3-1-2-14(22)12-16/h1-5,12-13H,6-11H2. The number of ether oxygens (including phenoxy) is 1. The maximum Gasteiger partial charge on any atom is 0.243 e. The summed E-state index contributed by atoms with van der Waals surface area (Å²) >= 11 is 11.8. The first-order valence-electron chi connectivity index (χ1n) is 8.89. The number of piperazine rings is 1. The summed E-state index contributed by atoms with van der Waals surface area (Å²) in [6, 6.07) is 9.74. The van der Waals surface area contributed by atoms with Crippen LogP contribution in [0.2, 0.25) is 10.0 Å². The Kier molecular flexibility index (Phi) is 7.00. The molecule has 29 heavy (non-hydrogen) atoms. The van der Waals surface area contributed by atoms with E-state index < -0.39 is 15.8 Å². The minimum atomic E-state index is -3.79. The topological polar surface area (TPSA) is 66.9 Å². The Balaban J connectivity index is 1.49.